The molecular weight excluding hydrogens is 118 g/mol. The second-order valence-corrected chi connectivity index (χ2v) is 3.25. The lowest BCUT2D eigenvalue weighted by Gasteiger charge is -2.37. The molecule has 0 aromatic heterocycles. The Kier molecular flexibility index (Phi) is 2.61. The van der Waals surface area contributed by atoms with Crippen LogP contribution in [0.15, 0.2) is 0 Å². The number of rotatable bonds is 2. The second-order valence-electron chi connectivity index (χ2n) is 3.25. The predicted octanol–water partition coefficient (Wildman–Crippen LogP) is -1.24. The number of quaternary nitrogens is 1. The van der Waals surface area contributed by atoms with Gasteiger partial charge in [-0.3, -0.25) is 0 Å². The zero-order valence-corrected chi connectivity index (χ0v) is 6.46. The molecule has 9 heavy (non-hydrogen) atoms. The molecule has 56 valence electrons. The highest BCUT2D eigenvalue weighted by molar-refractivity contribution is 4.47. The minimum atomic E-state index is -1.47. The van der Waals surface area contributed by atoms with Gasteiger partial charge < -0.3 is 14.7 Å². The maximum Gasteiger partial charge on any atom is 0.0965 e. The summed E-state index contributed by atoms with van der Waals surface area (Å²) in [6.45, 7) is 1.73. The van der Waals surface area contributed by atoms with Crippen molar-refractivity contribution in [3.8, 4) is 0 Å². The summed E-state index contributed by atoms with van der Waals surface area (Å²) in [5, 5.41) is 19.0. The van der Waals surface area contributed by atoms with Crippen molar-refractivity contribution in [1.82, 2.24) is 0 Å². The fourth-order valence-electron chi connectivity index (χ4n) is 0.383. The van der Waals surface area contributed by atoms with Gasteiger partial charge >= 0.3 is 0 Å². The Labute approximate surface area is 56.1 Å². The third-order valence-corrected chi connectivity index (χ3v) is 1.63. The molecule has 0 radical (unpaired) electrons. The van der Waals surface area contributed by atoms with E-state index >= 15 is 0 Å². The highest BCUT2D eigenvalue weighted by Crippen LogP contribution is 2.02. The SMILES string of the molecule is C[C@H]([C@H]([O-])O)[N+](C)(C)C. The molecule has 0 aliphatic rings. The smallest absolute Gasteiger partial charge is 0.0965 e. The predicted molar refractivity (Wildman–Crippen MR) is 33.5 cm³/mol. The Balaban J connectivity index is 3.88. The van der Waals surface area contributed by atoms with Crippen LogP contribution in [0.25, 0.3) is 0 Å². The van der Waals surface area contributed by atoms with Crippen LogP contribution in [0.1, 0.15) is 6.92 Å². The summed E-state index contributed by atoms with van der Waals surface area (Å²) in [5.41, 5.74) is 0. The molecule has 0 fully saturated rings. The van der Waals surface area contributed by atoms with Gasteiger partial charge in [-0.2, -0.15) is 0 Å². The van der Waals surface area contributed by atoms with Crippen LogP contribution in [0.3, 0.4) is 0 Å². The molecule has 0 aliphatic heterocycles. The van der Waals surface area contributed by atoms with Gasteiger partial charge in [0.05, 0.1) is 27.2 Å². The first-order valence-corrected chi connectivity index (χ1v) is 3.00. The molecule has 0 heterocycles. The van der Waals surface area contributed by atoms with Crippen LogP contribution in [0.2, 0.25) is 0 Å². The van der Waals surface area contributed by atoms with E-state index < -0.39 is 6.29 Å². The maximum absolute atomic E-state index is 10.4. The van der Waals surface area contributed by atoms with Crippen molar-refractivity contribution in [2.45, 2.75) is 19.3 Å². The Morgan fingerprint density at radius 3 is 1.67 bits per heavy atom. The van der Waals surface area contributed by atoms with E-state index in [9.17, 15) is 5.11 Å². The highest BCUT2D eigenvalue weighted by Gasteiger charge is 2.18. The van der Waals surface area contributed by atoms with Crippen molar-refractivity contribution < 1.29 is 14.7 Å². The lowest BCUT2D eigenvalue weighted by Crippen LogP contribution is -2.54. The molecule has 2 atom stereocenters. The topological polar surface area (TPSA) is 43.3 Å². The molecule has 0 bridgehead atoms. The molecule has 0 rings (SSSR count). The number of nitrogens with zero attached hydrogens (tertiary/aromatic N) is 1. The zero-order valence-electron chi connectivity index (χ0n) is 6.46. The Bertz CT molecular complexity index is 85.5. The summed E-state index contributed by atoms with van der Waals surface area (Å²) >= 11 is 0. The van der Waals surface area contributed by atoms with Crippen LogP contribution in [-0.2, 0) is 0 Å². The van der Waals surface area contributed by atoms with Crippen molar-refractivity contribution in [3.63, 3.8) is 0 Å². The Morgan fingerprint density at radius 2 is 1.67 bits per heavy atom. The largest absolute Gasteiger partial charge is 0.827 e. The van der Waals surface area contributed by atoms with E-state index in [-0.39, 0.29) is 6.04 Å². The number of likely N-dealkylation sites (N-methyl/N-ethyl adjacent to an activating group) is 1. The Hall–Kier alpha value is -0.120. The summed E-state index contributed by atoms with van der Waals surface area (Å²) in [6.07, 6.45) is -1.47. The Morgan fingerprint density at radius 1 is 1.33 bits per heavy atom. The quantitative estimate of drug-likeness (QED) is 0.378. The molecule has 1 N–H and O–H groups in total. The molecule has 0 amide bonds. The van der Waals surface area contributed by atoms with Gasteiger partial charge in [0.2, 0.25) is 0 Å². The first-order chi connectivity index (χ1) is 3.85. The van der Waals surface area contributed by atoms with Gasteiger partial charge in [-0.1, -0.05) is 0 Å². The summed E-state index contributed by atoms with van der Waals surface area (Å²) < 4.78 is 0.505. The van der Waals surface area contributed by atoms with Gasteiger partial charge in [-0.15, -0.1) is 0 Å². The normalized spacial score (nSPS) is 19.3. The standard InChI is InChI=1S/C6H15NO2/c1-5(6(8)9)7(2,3)4/h5-6,8H,1-4H3/t5-,6+/m1/s1. The van der Waals surface area contributed by atoms with E-state index in [2.05, 4.69) is 0 Å². The molecule has 3 heteroatoms. The van der Waals surface area contributed by atoms with Crippen LogP contribution in [-0.4, -0.2) is 43.1 Å². The molecular formula is C6H15NO2. The number of aliphatic hydroxyl groups is 1. The van der Waals surface area contributed by atoms with Gasteiger partial charge in [0.15, 0.2) is 0 Å². The minimum Gasteiger partial charge on any atom is -0.827 e. The summed E-state index contributed by atoms with van der Waals surface area (Å²) in [6, 6.07) is -0.245. The van der Waals surface area contributed by atoms with Crippen LogP contribution >= 0.6 is 0 Å². The van der Waals surface area contributed by atoms with Crippen LogP contribution in [0, 0.1) is 0 Å². The zero-order chi connectivity index (χ0) is 7.65. The number of hydrogen-bond acceptors (Lipinski definition) is 2. The van der Waals surface area contributed by atoms with Gasteiger partial charge in [-0.05, 0) is 6.92 Å². The molecule has 0 aromatic carbocycles. The summed E-state index contributed by atoms with van der Waals surface area (Å²) in [7, 11) is 5.64. The minimum absolute atomic E-state index is 0.245. The first kappa shape index (κ1) is 8.88. The van der Waals surface area contributed by atoms with Crippen LogP contribution in [0.5, 0.6) is 0 Å². The van der Waals surface area contributed by atoms with E-state index in [1.807, 2.05) is 21.1 Å². The number of hydrogen-bond donors (Lipinski definition) is 1. The molecule has 0 spiro atoms. The molecule has 0 aromatic rings. The third-order valence-electron chi connectivity index (χ3n) is 1.63. The number of aliphatic hydroxyl groups excluding tert-OH is 1. The van der Waals surface area contributed by atoms with Crippen LogP contribution in [0.4, 0.5) is 0 Å². The lowest BCUT2D eigenvalue weighted by molar-refractivity contribution is -0.910. The fourth-order valence-corrected chi connectivity index (χ4v) is 0.383. The maximum atomic E-state index is 10.4. The molecule has 3 nitrogen and oxygen atoms in total. The van der Waals surface area contributed by atoms with E-state index in [0.29, 0.717) is 4.48 Å². The average Bonchev–Trinajstić information content (AvgIpc) is 1.62. The van der Waals surface area contributed by atoms with E-state index in [1.54, 1.807) is 6.92 Å². The third kappa shape index (κ3) is 2.79. The van der Waals surface area contributed by atoms with Crippen molar-refractivity contribution in [2.24, 2.45) is 0 Å². The average molecular weight is 133 g/mol. The first-order valence-electron chi connectivity index (χ1n) is 3.00. The summed E-state index contributed by atoms with van der Waals surface area (Å²) in [4.78, 5) is 0. The van der Waals surface area contributed by atoms with E-state index in [0.717, 1.165) is 0 Å². The summed E-state index contributed by atoms with van der Waals surface area (Å²) in [5.74, 6) is 0. The fraction of sp³-hybridized carbons (Fsp3) is 1.00. The van der Waals surface area contributed by atoms with Gasteiger partial charge in [0, 0.05) is 6.29 Å². The van der Waals surface area contributed by atoms with Gasteiger partial charge in [0.25, 0.3) is 0 Å². The molecule has 0 saturated heterocycles. The molecule has 0 aliphatic carbocycles. The lowest BCUT2D eigenvalue weighted by atomic mass is 10.3. The van der Waals surface area contributed by atoms with Crippen molar-refractivity contribution in [2.75, 3.05) is 21.1 Å². The molecule has 0 saturated carbocycles. The van der Waals surface area contributed by atoms with E-state index in [4.69, 9.17) is 5.11 Å². The van der Waals surface area contributed by atoms with E-state index in [1.165, 1.54) is 0 Å². The second kappa shape index (κ2) is 2.64. The van der Waals surface area contributed by atoms with Crippen LogP contribution < -0.4 is 5.11 Å². The van der Waals surface area contributed by atoms with Gasteiger partial charge in [-0.25, -0.2) is 0 Å². The highest BCUT2D eigenvalue weighted by atomic mass is 16.5. The van der Waals surface area contributed by atoms with Crippen molar-refractivity contribution in [1.29, 1.82) is 0 Å². The molecule has 0 unspecified atom stereocenters. The van der Waals surface area contributed by atoms with Gasteiger partial charge in [0.1, 0.15) is 0 Å². The van der Waals surface area contributed by atoms with Crippen molar-refractivity contribution in [3.05, 3.63) is 0 Å². The van der Waals surface area contributed by atoms with Crippen molar-refractivity contribution >= 4 is 0 Å². The monoisotopic (exact) mass is 133 g/mol.